The molecule has 36 valence electrons. The predicted molar refractivity (Wildman–Crippen MR) is 23.5 cm³/mol. The maximum atomic E-state index is 7.89. The molecule has 0 amide bonds. The lowest BCUT2D eigenvalue weighted by molar-refractivity contribution is 0.371. The fraction of sp³-hybridized carbons (Fsp3) is 0.750. The molecule has 2 heteroatoms. The van der Waals surface area contributed by atoms with E-state index in [2.05, 4.69) is 0 Å². The molecule has 0 spiro atoms. The number of hydrogen-bond donors (Lipinski definition) is 2. The molecular weight excluding hydrogens is 78.0 g/mol. The van der Waals surface area contributed by atoms with Crippen LogP contribution in [-0.2, 0) is 0 Å². The molecule has 0 aliphatic rings. The SMILES string of the molecule is NCCC[C]O. The van der Waals surface area contributed by atoms with Crippen molar-refractivity contribution in [3.63, 3.8) is 0 Å². The van der Waals surface area contributed by atoms with E-state index >= 15 is 0 Å². The highest BCUT2D eigenvalue weighted by Crippen LogP contribution is 1.84. The Morgan fingerprint density at radius 2 is 2.33 bits per heavy atom. The highest BCUT2D eigenvalue weighted by molar-refractivity contribution is 4.45. The molecule has 0 aliphatic heterocycles. The highest BCUT2D eigenvalue weighted by Gasteiger charge is 1.78. The van der Waals surface area contributed by atoms with E-state index in [0.717, 1.165) is 6.42 Å². The van der Waals surface area contributed by atoms with Crippen molar-refractivity contribution in [2.24, 2.45) is 5.73 Å². The van der Waals surface area contributed by atoms with Gasteiger partial charge >= 0.3 is 0 Å². The molecular formula is C4H9NO. The first kappa shape index (κ1) is 5.92. The van der Waals surface area contributed by atoms with Gasteiger partial charge in [-0.2, -0.15) is 0 Å². The maximum absolute atomic E-state index is 7.89. The zero-order valence-electron chi connectivity index (χ0n) is 3.65. The van der Waals surface area contributed by atoms with Gasteiger partial charge in [-0.05, 0) is 19.4 Å². The van der Waals surface area contributed by atoms with Gasteiger partial charge in [-0.25, -0.2) is 0 Å². The van der Waals surface area contributed by atoms with Crippen molar-refractivity contribution in [2.75, 3.05) is 6.54 Å². The Labute approximate surface area is 38.0 Å². The van der Waals surface area contributed by atoms with Crippen molar-refractivity contribution >= 4 is 0 Å². The summed E-state index contributed by atoms with van der Waals surface area (Å²) in [6.07, 6.45) is 1.42. The number of aliphatic hydroxyl groups excluding tert-OH is 1. The van der Waals surface area contributed by atoms with E-state index < -0.39 is 0 Å². The van der Waals surface area contributed by atoms with Crippen molar-refractivity contribution in [3.05, 3.63) is 6.61 Å². The second kappa shape index (κ2) is 4.92. The van der Waals surface area contributed by atoms with Gasteiger partial charge in [-0.15, -0.1) is 0 Å². The zero-order valence-corrected chi connectivity index (χ0v) is 3.65. The summed E-state index contributed by atoms with van der Waals surface area (Å²) in [6, 6.07) is 0. The van der Waals surface area contributed by atoms with Gasteiger partial charge in [0.15, 0.2) is 0 Å². The van der Waals surface area contributed by atoms with Crippen molar-refractivity contribution in [1.29, 1.82) is 0 Å². The molecule has 0 atom stereocenters. The lowest BCUT2D eigenvalue weighted by atomic mass is 10.3. The summed E-state index contributed by atoms with van der Waals surface area (Å²) in [5.74, 6) is 0. The second-order valence-electron chi connectivity index (χ2n) is 1.05. The minimum absolute atomic E-state index is 0.594. The molecule has 0 saturated carbocycles. The standard InChI is InChI=1S/C4H9NO/c5-3-1-2-4-6/h6H,1-3,5H2. The van der Waals surface area contributed by atoms with E-state index in [0.29, 0.717) is 13.0 Å². The average molecular weight is 87.1 g/mol. The zero-order chi connectivity index (χ0) is 4.83. The van der Waals surface area contributed by atoms with Crippen LogP contribution in [0.1, 0.15) is 12.8 Å². The van der Waals surface area contributed by atoms with Crippen molar-refractivity contribution in [3.8, 4) is 0 Å². The molecule has 0 bridgehead atoms. The summed E-state index contributed by atoms with van der Waals surface area (Å²) in [5.41, 5.74) is 5.06. The summed E-state index contributed by atoms with van der Waals surface area (Å²) in [7, 11) is 0. The van der Waals surface area contributed by atoms with Crippen LogP contribution in [0.5, 0.6) is 0 Å². The normalized spacial score (nSPS) is 9.00. The summed E-state index contributed by atoms with van der Waals surface area (Å²) in [6.45, 7) is 2.62. The molecule has 0 saturated heterocycles. The summed E-state index contributed by atoms with van der Waals surface area (Å²) >= 11 is 0. The van der Waals surface area contributed by atoms with Crippen LogP contribution in [0.4, 0.5) is 0 Å². The molecule has 0 aromatic rings. The van der Waals surface area contributed by atoms with E-state index in [1.807, 2.05) is 6.61 Å². The summed E-state index contributed by atoms with van der Waals surface area (Å²) < 4.78 is 0. The Hall–Kier alpha value is -0.0800. The Balaban J connectivity index is 2.34. The van der Waals surface area contributed by atoms with Gasteiger partial charge in [-0.3, -0.25) is 0 Å². The number of nitrogens with two attached hydrogens (primary N) is 1. The number of aliphatic hydroxyl groups is 1. The molecule has 0 fully saturated rings. The molecule has 2 nitrogen and oxygen atoms in total. The lowest BCUT2D eigenvalue weighted by Crippen LogP contribution is -1.97. The molecule has 0 unspecified atom stereocenters. The van der Waals surface area contributed by atoms with Crippen LogP contribution < -0.4 is 5.73 Å². The Bertz CT molecular complexity index is 19.5. The smallest absolute Gasteiger partial charge is 0.128 e. The third kappa shape index (κ3) is 3.92. The first-order valence-corrected chi connectivity index (χ1v) is 1.99. The first-order chi connectivity index (χ1) is 2.91. The van der Waals surface area contributed by atoms with E-state index in [1.54, 1.807) is 0 Å². The molecule has 3 N–H and O–H groups in total. The second-order valence-corrected chi connectivity index (χ2v) is 1.05. The topological polar surface area (TPSA) is 46.2 Å². The number of unbranched alkanes of at least 4 members (excludes halogenated alkanes) is 1. The van der Waals surface area contributed by atoms with Crippen molar-refractivity contribution < 1.29 is 5.11 Å². The van der Waals surface area contributed by atoms with E-state index in [9.17, 15) is 0 Å². The van der Waals surface area contributed by atoms with Gasteiger partial charge in [0, 0.05) is 0 Å². The fourth-order valence-electron chi connectivity index (χ4n) is 0.181. The molecule has 2 radical (unpaired) electrons. The van der Waals surface area contributed by atoms with E-state index in [-0.39, 0.29) is 0 Å². The fourth-order valence-corrected chi connectivity index (χ4v) is 0.181. The summed E-state index contributed by atoms with van der Waals surface area (Å²) in [4.78, 5) is 0. The van der Waals surface area contributed by atoms with Gasteiger partial charge in [0.2, 0.25) is 0 Å². The number of rotatable bonds is 3. The van der Waals surface area contributed by atoms with Crippen LogP contribution in [0.2, 0.25) is 0 Å². The third-order valence-electron chi connectivity index (χ3n) is 0.493. The molecule has 0 aliphatic carbocycles. The molecule has 6 heavy (non-hydrogen) atoms. The maximum Gasteiger partial charge on any atom is 0.128 e. The predicted octanol–water partition coefficient (Wildman–Crippen LogP) is 0.137. The Kier molecular flexibility index (Phi) is 4.85. The van der Waals surface area contributed by atoms with Crippen molar-refractivity contribution in [2.45, 2.75) is 12.8 Å². The van der Waals surface area contributed by atoms with Crippen LogP contribution in [0.15, 0.2) is 0 Å². The van der Waals surface area contributed by atoms with E-state index in [4.69, 9.17) is 10.8 Å². The quantitative estimate of drug-likeness (QED) is 0.481. The van der Waals surface area contributed by atoms with E-state index in [1.165, 1.54) is 0 Å². The highest BCUT2D eigenvalue weighted by atomic mass is 16.2. The summed E-state index contributed by atoms with van der Waals surface area (Å²) in [5, 5.41) is 7.89. The third-order valence-corrected chi connectivity index (χ3v) is 0.493. The molecule has 0 heterocycles. The van der Waals surface area contributed by atoms with Crippen LogP contribution in [0.3, 0.4) is 0 Å². The van der Waals surface area contributed by atoms with Gasteiger partial charge in [-0.1, -0.05) is 0 Å². The van der Waals surface area contributed by atoms with Gasteiger partial charge in [0.25, 0.3) is 0 Å². The largest absolute Gasteiger partial charge is 0.384 e. The van der Waals surface area contributed by atoms with Gasteiger partial charge in [0.1, 0.15) is 6.61 Å². The minimum Gasteiger partial charge on any atom is -0.384 e. The Morgan fingerprint density at radius 3 is 2.50 bits per heavy atom. The lowest BCUT2D eigenvalue weighted by Gasteiger charge is -1.84. The first-order valence-electron chi connectivity index (χ1n) is 1.99. The molecule has 0 aromatic carbocycles. The van der Waals surface area contributed by atoms with Gasteiger partial charge < -0.3 is 10.8 Å². The minimum atomic E-state index is 0.594. The van der Waals surface area contributed by atoms with Crippen LogP contribution in [-0.4, -0.2) is 11.7 Å². The monoisotopic (exact) mass is 87.1 g/mol. The van der Waals surface area contributed by atoms with Gasteiger partial charge in [0.05, 0.1) is 0 Å². The van der Waals surface area contributed by atoms with Crippen LogP contribution in [0, 0.1) is 6.61 Å². The number of hydrogen-bond acceptors (Lipinski definition) is 2. The molecule has 0 rings (SSSR count). The molecule has 0 aromatic heterocycles. The Morgan fingerprint density at radius 1 is 1.67 bits per heavy atom. The van der Waals surface area contributed by atoms with Crippen LogP contribution >= 0.6 is 0 Å². The average Bonchev–Trinajstić information content (AvgIpc) is 1.61. The van der Waals surface area contributed by atoms with Crippen molar-refractivity contribution in [1.82, 2.24) is 0 Å². The van der Waals surface area contributed by atoms with Crippen LogP contribution in [0.25, 0.3) is 0 Å².